The SMILES string of the molecule is CCN(C(=O)Nc1ccccc1Cl)C1CCCCC1. The number of hydrogen-bond donors (Lipinski definition) is 1. The summed E-state index contributed by atoms with van der Waals surface area (Å²) in [7, 11) is 0. The lowest BCUT2D eigenvalue weighted by Crippen LogP contribution is -2.43. The van der Waals surface area contributed by atoms with E-state index in [0.29, 0.717) is 16.8 Å². The molecule has 3 nitrogen and oxygen atoms in total. The number of benzene rings is 1. The van der Waals surface area contributed by atoms with E-state index in [2.05, 4.69) is 5.32 Å². The fourth-order valence-electron chi connectivity index (χ4n) is 2.71. The molecule has 0 aromatic heterocycles. The number of para-hydroxylation sites is 1. The van der Waals surface area contributed by atoms with Gasteiger partial charge < -0.3 is 10.2 Å². The third-order valence-electron chi connectivity index (χ3n) is 3.73. The maximum Gasteiger partial charge on any atom is 0.322 e. The minimum atomic E-state index is -0.0394. The van der Waals surface area contributed by atoms with Crippen LogP contribution in [-0.4, -0.2) is 23.5 Å². The van der Waals surface area contributed by atoms with Gasteiger partial charge in [0.15, 0.2) is 0 Å². The number of anilines is 1. The molecule has 2 rings (SSSR count). The Kier molecular flexibility index (Phi) is 5.08. The molecule has 0 radical (unpaired) electrons. The second kappa shape index (κ2) is 6.80. The van der Waals surface area contributed by atoms with Crippen LogP contribution < -0.4 is 5.32 Å². The molecule has 1 fully saturated rings. The zero-order valence-electron chi connectivity index (χ0n) is 11.4. The van der Waals surface area contributed by atoms with E-state index >= 15 is 0 Å². The molecule has 0 unspecified atom stereocenters. The zero-order valence-corrected chi connectivity index (χ0v) is 12.1. The van der Waals surface area contributed by atoms with Gasteiger partial charge in [-0.05, 0) is 31.9 Å². The van der Waals surface area contributed by atoms with Crippen molar-refractivity contribution in [3.8, 4) is 0 Å². The molecule has 1 aliphatic rings. The topological polar surface area (TPSA) is 32.3 Å². The van der Waals surface area contributed by atoms with E-state index in [1.54, 1.807) is 6.07 Å². The number of nitrogens with one attached hydrogen (secondary N) is 1. The Bertz CT molecular complexity index is 430. The maximum absolute atomic E-state index is 12.4. The average molecular weight is 281 g/mol. The van der Waals surface area contributed by atoms with E-state index in [1.165, 1.54) is 19.3 Å². The molecule has 2 amide bonds. The number of rotatable bonds is 3. The largest absolute Gasteiger partial charge is 0.322 e. The molecule has 1 aliphatic carbocycles. The lowest BCUT2D eigenvalue weighted by atomic mass is 9.94. The van der Waals surface area contributed by atoms with Gasteiger partial charge in [0, 0.05) is 12.6 Å². The van der Waals surface area contributed by atoms with Crippen LogP contribution in [0.2, 0.25) is 5.02 Å². The van der Waals surface area contributed by atoms with Crippen LogP contribution in [0, 0.1) is 0 Å². The normalized spacial score (nSPS) is 16.1. The highest BCUT2D eigenvalue weighted by Gasteiger charge is 2.24. The summed E-state index contributed by atoms with van der Waals surface area (Å²) in [6, 6.07) is 7.68. The molecule has 0 spiro atoms. The van der Waals surface area contributed by atoms with E-state index in [-0.39, 0.29) is 6.03 Å². The molecule has 19 heavy (non-hydrogen) atoms. The summed E-state index contributed by atoms with van der Waals surface area (Å²) in [4.78, 5) is 14.3. The number of hydrogen-bond acceptors (Lipinski definition) is 1. The number of halogens is 1. The van der Waals surface area contributed by atoms with Gasteiger partial charge in [-0.25, -0.2) is 4.79 Å². The van der Waals surface area contributed by atoms with E-state index in [9.17, 15) is 4.79 Å². The minimum Gasteiger partial charge on any atom is -0.322 e. The molecule has 1 aromatic rings. The first-order valence-corrected chi connectivity index (χ1v) is 7.42. The molecule has 0 heterocycles. The van der Waals surface area contributed by atoms with Crippen molar-refractivity contribution < 1.29 is 4.79 Å². The first-order valence-electron chi connectivity index (χ1n) is 7.04. The minimum absolute atomic E-state index is 0.0394. The van der Waals surface area contributed by atoms with Crippen LogP contribution >= 0.6 is 11.6 Å². The summed E-state index contributed by atoms with van der Waals surface area (Å²) < 4.78 is 0. The number of nitrogens with zero attached hydrogens (tertiary/aromatic N) is 1. The van der Waals surface area contributed by atoms with Crippen LogP contribution in [0.4, 0.5) is 10.5 Å². The zero-order chi connectivity index (χ0) is 13.7. The van der Waals surface area contributed by atoms with Crippen molar-refractivity contribution in [3.05, 3.63) is 29.3 Å². The summed E-state index contributed by atoms with van der Waals surface area (Å²) in [6.07, 6.45) is 5.97. The summed E-state index contributed by atoms with van der Waals surface area (Å²) in [6.45, 7) is 2.77. The molecular weight excluding hydrogens is 260 g/mol. The Morgan fingerprint density at radius 3 is 2.63 bits per heavy atom. The molecule has 0 atom stereocenters. The molecule has 1 saturated carbocycles. The van der Waals surface area contributed by atoms with Crippen molar-refractivity contribution in [2.24, 2.45) is 0 Å². The standard InChI is InChI=1S/C15H21ClN2O/c1-2-18(12-8-4-3-5-9-12)15(19)17-14-11-7-6-10-13(14)16/h6-7,10-12H,2-5,8-9H2,1H3,(H,17,19). The second-order valence-corrected chi connectivity index (χ2v) is 5.40. The predicted octanol–water partition coefficient (Wildman–Crippen LogP) is 4.53. The number of amides is 2. The molecule has 1 N–H and O–H groups in total. The Balaban J connectivity index is 2.02. The highest BCUT2D eigenvalue weighted by atomic mass is 35.5. The predicted molar refractivity (Wildman–Crippen MR) is 79.7 cm³/mol. The lowest BCUT2D eigenvalue weighted by Gasteiger charge is -2.33. The summed E-state index contributed by atoms with van der Waals surface area (Å²) in [5, 5.41) is 3.49. The van der Waals surface area contributed by atoms with Crippen LogP contribution in [0.3, 0.4) is 0 Å². The smallest absolute Gasteiger partial charge is 0.322 e. The van der Waals surface area contributed by atoms with Gasteiger partial charge in [0.05, 0.1) is 10.7 Å². The van der Waals surface area contributed by atoms with Gasteiger partial charge in [-0.3, -0.25) is 0 Å². The van der Waals surface area contributed by atoms with Gasteiger partial charge >= 0.3 is 6.03 Å². The van der Waals surface area contributed by atoms with Crippen LogP contribution in [0.25, 0.3) is 0 Å². The van der Waals surface area contributed by atoms with Gasteiger partial charge in [0.2, 0.25) is 0 Å². The van der Waals surface area contributed by atoms with Crippen molar-refractivity contribution in [3.63, 3.8) is 0 Å². The van der Waals surface area contributed by atoms with E-state index in [1.807, 2.05) is 30.0 Å². The first-order chi connectivity index (χ1) is 9.22. The summed E-state index contributed by atoms with van der Waals surface area (Å²) in [5.74, 6) is 0. The van der Waals surface area contributed by atoms with Crippen LogP contribution in [0.15, 0.2) is 24.3 Å². The van der Waals surface area contributed by atoms with Gasteiger partial charge in [0.1, 0.15) is 0 Å². The van der Waals surface area contributed by atoms with Gasteiger partial charge in [-0.1, -0.05) is 43.0 Å². The number of urea groups is 1. The monoisotopic (exact) mass is 280 g/mol. The van der Waals surface area contributed by atoms with Crippen LogP contribution in [0.5, 0.6) is 0 Å². The lowest BCUT2D eigenvalue weighted by molar-refractivity contribution is 0.172. The second-order valence-electron chi connectivity index (χ2n) is 4.99. The van der Waals surface area contributed by atoms with Crippen molar-refractivity contribution in [1.82, 2.24) is 4.90 Å². The van der Waals surface area contributed by atoms with Crippen LogP contribution in [0.1, 0.15) is 39.0 Å². The number of carbonyl (C=O) groups is 1. The van der Waals surface area contributed by atoms with E-state index in [0.717, 1.165) is 19.4 Å². The van der Waals surface area contributed by atoms with E-state index < -0.39 is 0 Å². The fourth-order valence-corrected chi connectivity index (χ4v) is 2.89. The average Bonchev–Trinajstić information content (AvgIpc) is 2.43. The highest BCUT2D eigenvalue weighted by Crippen LogP contribution is 2.25. The molecule has 104 valence electrons. The van der Waals surface area contributed by atoms with Crippen molar-refractivity contribution >= 4 is 23.3 Å². The Hall–Kier alpha value is -1.22. The molecular formula is C15H21ClN2O. The molecule has 0 bridgehead atoms. The Labute approximate surface area is 119 Å². The van der Waals surface area contributed by atoms with Gasteiger partial charge in [0.25, 0.3) is 0 Å². The quantitative estimate of drug-likeness (QED) is 0.867. The summed E-state index contributed by atoms with van der Waals surface area (Å²) in [5.41, 5.74) is 0.684. The van der Waals surface area contributed by atoms with Crippen molar-refractivity contribution in [1.29, 1.82) is 0 Å². The Morgan fingerprint density at radius 2 is 2.00 bits per heavy atom. The molecule has 0 aliphatic heterocycles. The third kappa shape index (κ3) is 3.63. The molecule has 4 heteroatoms. The van der Waals surface area contributed by atoms with Crippen molar-refractivity contribution in [2.45, 2.75) is 45.1 Å². The summed E-state index contributed by atoms with van der Waals surface area (Å²) >= 11 is 6.07. The fraction of sp³-hybridized carbons (Fsp3) is 0.533. The third-order valence-corrected chi connectivity index (χ3v) is 4.06. The van der Waals surface area contributed by atoms with Gasteiger partial charge in [-0.2, -0.15) is 0 Å². The first kappa shape index (κ1) is 14.2. The molecule has 0 saturated heterocycles. The van der Waals surface area contributed by atoms with Gasteiger partial charge in [-0.15, -0.1) is 0 Å². The molecule has 1 aromatic carbocycles. The van der Waals surface area contributed by atoms with Crippen LogP contribution in [-0.2, 0) is 0 Å². The highest BCUT2D eigenvalue weighted by molar-refractivity contribution is 6.33. The maximum atomic E-state index is 12.4. The van der Waals surface area contributed by atoms with E-state index in [4.69, 9.17) is 11.6 Å². The van der Waals surface area contributed by atoms with Crippen molar-refractivity contribution in [2.75, 3.05) is 11.9 Å². The Morgan fingerprint density at radius 1 is 1.32 bits per heavy atom. The number of carbonyl (C=O) groups excluding carboxylic acids is 1.